The average molecular weight is 370 g/mol. The van der Waals surface area contributed by atoms with Crippen LogP contribution in [0, 0.1) is 11.3 Å². The summed E-state index contributed by atoms with van der Waals surface area (Å²) in [7, 11) is 1.56. The molecular weight excluding hydrogens is 350 g/mol. The standard InChI is InChI=1S/C20H20ClN3O2/c1-26-19-9-5-3-7-16(19)20(25)24-12-10-23(11-13-24)18(14-22)15-6-2-4-8-17(15)21/h2-9,18H,10-13H2,1H3. The first-order chi connectivity index (χ1) is 12.7. The van der Waals surface area contributed by atoms with Crippen LogP contribution in [0.15, 0.2) is 48.5 Å². The van der Waals surface area contributed by atoms with Crippen molar-refractivity contribution in [2.45, 2.75) is 6.04 Å². The summed E-state index contributed by atoms with van der Waals surface area (Å²) in [4.78, 5) is 16.7. The third-order valence-corrected chi connectivity index (χ3v) is 4.97. The number of methoxy groups -OCH3 is 1. The van der Waals surface area contributed by atoms with E-state index >= 15 is 0 Å². The molecule has 0 aromatic heterocycles. The van der Waals surface area contributed by atoms with E-state index in [1.54, 1.807) is 30.2 Å². The number of para-hydroxylation sites is 1. The number of halogens is 1. The second-order valence-electron chi connectivity index (χ2n) is 6.08. The molecule has 1 atom stereocenters. The van der Waals surface area contributed by atoms with Gasteiger partial charge in [-0.2, -0.15) is 5.26 Å². The minimum Gasteiger partial charge on any atom is -0.496 e. The SMILES string of the molecule is COc1ccccc1C(=O)N1CCN(C(C#N)c2ccccc2Cl)CC1. The van der Waals surface area contributed by atoms with Crippen LogP contribution in [0.2, 0.25) is 5.02 Å². The van der Waals surface area contributed by atoms with Gasteiger partial charge in [0.1, 0.15) is 11.8 Å². The first-order valence-electron chi connectivity index (χ1n) is 8.46. The van der Waals surface area contributed by atoms with E-state index in [1.165, 1.54) is 0 Å². The highest BCUT2D eigenvalue weighted by molar-refractivity contribution is 6.31. The molecule has 1 unspecified atom stereocenters. The van der Waals surface area contributed by atoms with Crippen LogP contribution in [-0.2, 0) is 0 Å². The molecule has 1 saturated heterocycles. The number of ether oxygens (including phenoxy) is 1. The van der Waals surface area contributed by atoms with Crippen molar-refractivity contribution in [1.29, 1.82) is 5.26 Å². The van der Waals surface area contributed by atoms with Gasteiger partial charge in [0, 0.05) is 36.8 Å². The zero-order valence-corrected chi connectivity index (χ0v) is 15.3. The molecule has 0 aliphatic carbocycles. The quantitative estimate of drug-likeness (QED) is 0.829. The van der Waals surface area contributed by atoms with E-state index in [0.29, 0.717) is 42.5 Å². The van der Waals surface area contributed by atoms with Crippen molar-refractivity contribution in [3.05, 3.63) is 64.7 Å². The maximum atomic E-state index is 12.8. The molecule has 0 bridgehead atoms. The normalized spacial score (nSPS) is 16.0. The van der Waals surface area contributed by atoms with Crippen LogP contribution in [0.4, 0.5) is 0 Å². The predicted octanol–water partition coefficient (Wildman–Crippen LogP) is 3.37. The first-order valence-corrected chi connectivity index (χ1v) is 8.84. The summed E-state index contributed by atoms with van der Waals surface area (Å²) in [5.41, 5.74) is 1.37. The minimum absolute atomic E-state index is 0.0478. The Kier molecular flexibility index (Phi) is 5.77. The summed E-state index contributed by atoms with van der Waals surface area (Å²) in [6.07, 6.45) is 0. The van der Waals surface area contributed by atoms with Crippen molar-refractivity contribution in [2.24, 2.45) is 0 Å². The highest BCUT2D eigenvalue weighted by Gasteiger charge is 2.29. The van der Waals surface area contributed by atoms with E-state index < -0.39 is 6.04 Å². The fourth-order valence-electron chi connectivity index (χ4n) is 3.22. The Bertz CT molecular complexity index is 826. The topological polar surface area (TPSA) is 56.6 Å². The largest absolute Gasteiger partial charge is 0.496 e. The second-order valence-corrected chi connectivity index (χ2v) is 6.49. The van der Waals surface area contributed by atoms with Crippen molar-refractivity contribution >= 4 is 17.5 Å². The molecule has 0 saturated carbocycles. The van der Waals surface area contributed by atoms with Crippen LogP contribution in [0.25, 0.3) is 0 Å². The van der Waals surface area contributed by atoms with Gasteiger partial charge in [0.15, 0.2) is 0 Å². The molecule has 0 radical (unpaired) electrons. The Hall–Kier alpha value is -2.55. The Labute approximate surface area is 158 Å². The molecule has 1 aliphatic rings. The average Bonchev–Trinajstić information content (AvgIpc) is 2.70. The monoisotopic (exact) mass is 369 g/mol. The maximum absolute atomic E-state index is 12.8. The number of carbonyl (C=O) groups is 1. The van der Waals surface area contributed by atoms with E-state index in [9.17, 15) is 10.1 Å². The number of amides is 1. The van der Waals surface area contributed by atoms with E-state index in [0.717, 1.165) is 5.56 Å². The van der Waals surface area contributed by atoms with Gasteiger partial charge in [0.05, 0.1) is 18.7 Å². The third-order valence-electron chi connectivity index (χ3n) is 4.63. The zero-order valence-electron chi connectivity index (χ0n) is 14.6. The van der Waals surface area contributed by atoms with Gasteiger partial charge < -0.3 is 9.64 Å². The number of nitrogens with zero attached hydrogens (tertiary/aromatic N) is 3. The van der Waals surface area contributed by atoms with E-state index in [2.05, 4.69) is 11.0 Å². The van der Waals surface area contributed by atoms with Crippen molar-refractivity contribution in [1.82, 2.24) is 9.80 Å². The molecule has 3 rings (SSSR count). The molecule has 134 valence electrons. The summed E-state index contributed by atoms with van der Waals surface area (Å²) >= 11 is 6.25. The van der Waals surface area contributed by atoms with Gasteiger partial charge in [-0.3, -0.25) is 9.69 Å². The smallest absolute Gasteiger partial charge is 0.257 e. The van der Waals surface area contributed by atoms with Gasteiger partial charge >= 0.3 is 0 Å². The molecule has 0 N–H and O–H groups in total. The van der Waals surface area contributed by atoms with Gasteiger partial charge in [0.2, 0.25) is 0 Å². The van der Waals surface area contributed by atoms with Crippen molar-refractivity contribution < 1.29 is 9.53 Å². The second kappa shape index (κ2) is 8.22. The van der Waals surface area contributed by atoms with Crippen molar-refractivity contribution in [3.63, 3.8) is 0 Å². The fraction of sp³-hybridized carbons (Fsp3) is 0.300. The van der Waals surface area contributed by atoms with Gasteiger partial charge in [0.25, 0.3) is 5.91 Å². The predicted molar refractivity (Wildman–Crippen MR) is 100 cm³/mol. The first kappa shape index (κ1) is 18.2. The number of hydrogen-bond acceptors (Lipinski definition) is 4. The highest BCUT2D eigenvalue weighted by Crippen LogP contribution is 2.28. The Morgan fingerprint density at radius 2 is 1.77 bits per heavy atom. The molecule has 6 heteroatoms. The van der Waals surface area contributed by atoms with Crippen LogP contribution in [-0.4, -0.2) is 49.0 Å². The number of carbonyl (C=O) groups excluding carboxylic acids is 1. The van der Waals surface area contributed by atoms with E-state index in [1.807, 2.05) is 30.3 Å². The number of benzene rings is 2. The molecule has 1 heterocycles. The lowest BCUT2D eigenvalue weighted by Crippen LogP contribution is -2.49. The lowest BCUT2D eigenvalue weighted by molar-refractivity contribution is 0.0603. The lowest BCUT2D eigenvalue weighted by atomic mass is 10.1. The number of hydrogen-bond donors (Lipinski definition) is 0. The summed E-state index contributed by atoms with van der Waals surface area (Å²) in [6.45, 7) is 2.34. The molecule has 1 amide bonds. The highest BCUT2D eigenvalue weighted by atomic mass is 35.5. The minimum atomic E-state index is -0.410. The van der Waals surface area contributed by atoms with E-state index in [-0.39, 0.29) is 5.91 Å². The van der Waals surface area contributed by atoms with Crippen LogP contribution >= 0.6 is 11.6 Å². The summed E-state index contributed by atoms with van der Waals surface area (Å²) in [5.74, 6) is 0.527. The van der Waals surface area contributed by atoms with Gasteiger partial charge in [-0.05, 0) is 18.2 Å². The summed E-state index contributed by atoms with van der Waals surface area (Å²) in [6, 6.07) is 16.6. The van der Waals surface area contributed by atoms with Gasteiger partial charge in [-0.1, -0.05) is 41.9 Å². The Morgan fingerprint density at radius 1 is 1.12 bits per heavy atom. The molecule has 2 aromatic rings. The van der Waals surface area contributed by atoms with Crippen LogP contribution in [0.3, 0.4) is 0 Å². The van der Waals surface area contributed by atoms with Crippen LogP contribution in [0.5, 0.6) is 5.75 Å². The molecule has 1 fully saturated rings. The van der Waals surface area contributed by atoms with Gasteiger partial charge in [-0.25, -0.2) is 0 Å². The summed E-state index contributed by atoms with van der Waals surface area (Å²) < 4.78 is 5.29. The number of rotatable bonds is 4. The van der Waals surface area contributed by atoms with Crippen LogP contribution in [0.1, 0.15) is 22.0 Å². The van der Waals surface area contributed by atoms with Crippen molar-refractivity contribution in [2.75, 3.05) is 33.3 Å². The molecule has 0 spiro atoms. The molecule has 26 heavy (non-hydrogen) atoms. The zero-order chi connectivity index (χ0) is 18.5. The Morgan fingerprint density at radius 3 is 2.42 bits per heavy atom. The molecule has 1 aliphatic heterocycles. The third kappa shape index (κ3) is 3.67. The van der Waals surface area contributed by atoms with Crippen LogP contribution < -0.4 is 4.74 Å². The number of nitriles is 1. The number of piperazine rings is 1. The molecular formula is C20H20ClN3O2. The summed E-state index contributed by atoms with van der Waals surface area (Å²) in [5, 5.41) is 10.2. The van der Waals surface area contributed by atoms with Crippen molar-refractivity contribution in [3.8, 4) is 11.8 Å². The van der Waals surface area contributed by atoms with Gasteiger partial charge in [-0.15, -0.1) is 0 Å². The maximum Gasteiger partial charge on any atom is 0.257 e. The lowest BCUT2D eigenvalue weighted by Gasteiger charge is -2.37. The van der Waals surface area contributed by atoms with E-state index in [4.69, 9.17) is 16.3 Å². The molecule has 5 nitrogen and oxygen atoms in total. The fourth-order valence-corrected chi connectivity index (χ4v) is 3.46. The Balaban J connectivity index is 1.70. The molecule has 2 aromatic carbocycles.